The van der Waals surface area contributed by atoms with E-state index in [2.05, 4.69) is 4.90 Å². The molecule has 0 spiro atoms. The van der Waals surface area contributed by atoms with E-state index in [-0.39, 0.29) is 0 Å². The molecule has 0 aliphatic carbocycles. The predicted molar refractivity (Wildman–Crippen MR) is 88.1 cm³/mol. The Bertz CT molecular complexity index is 562. The Morgan fingerprint density at radius 1 is 0.909 bits per heavy atom. The predicted octanol–water partition coefficient (Wildman–Crippen LogP) is 3.24. The van der Waals surface area contributed by atoms with E-state index in [4.69, 9.17) is 4.74 Å². The van der Waals surface area contributed by atoms with E-state index in [9.17, 15) is 5.11 Å². The summed E-state index contributed by atoms with van der Waals surface area (Å²) in [5.41, 5.74) is 1.79. The Kier molecular flexibility index (Phi) is 5.09. The molecule has 116 valence electrons. The lowest BCUT2D eigenvalue weighted by Crippen LogP contribution is -2.25. The quantitative estimate of drug-likeness (QED) is 0.888. The Morgan fingerprint density at radius 3 is 2.23 bits per heavy atom. The summed E-state index contributed by atoms with van der Waals surface area (Å²) in [6, 6.07) is 17.4. The number of aliphatic hydroxyl groups excluding tert-OH is 1. The fourth-order valence-electron chi connectivity index (χ4n) is 2.87. The van der Waals surface area contributed by atoms with Crippen molar-refractivity contribution in [2.24, 2.45) is 0 Å². The summed E-state index contributed by atoms with van der Waals surface area (Å²) in [4.78, 5) is 2.44. The maximum atomic E-state index is 10.4. The zero-order valence-electron chi connectivity index (χ0n) is 12.8. The van der Waals surface area contributed by atoms with Crippen molar-refractivity contribution in [3.05, 3.63) is 65.7 Å². The van der Waals surface area contributed by atoms with E-state index >= 15 is 0 Å². The molecule has 0 unspecified atom stereocenters. The SMILES string of the molecule is O[C@@H](c1ccccc1)c1ccc(OCCN2CCCC2)cc1. The Balaban J connectivity index is 1.53. The molecule has 3 rings (SSSR count). The van der Waals surface area contributed by atoms with Gasteiger partial charge >= 0.3 is 0 Å². The van der Waals surface area contributed by atoms with E-state index in [1.54, 1.807) is 0 Å². The number of hydrogen-bond acceptors (Lipinski definition) is 3. The monoisotopic (exact) mass is 297 g/mol. The first-order valence-corrected chi connectivity index (χ1v) is 8.01. The molecule has 0 radical (unpaired) electrons. The molecule has 2 aromatic carbocycles. The highest BCUT2D eigenvalue weighted by atomic mass is 16.5. The van der Waals surface area contributed by atoms with Crippen LogP contribution in [0.15, 0.2) is 54.6 Å². The summed E-state index contributed by atoms with van der Waals surface area (Å²) in [5.74, 6) is 0.864. The summed E-state index contributed by atoms with van der Waals surface area (Å²) in [6.45, 7) is 4.12. The largest absolute Gasteiger partial charge is 0.492 e. The van der Waals surface area contributed by atoms with Crippen LogP contribution in [0, 0.1) is 0 Å². The van der Waals surface area contributed by atoms with E-state index in [0.717, 1.165) is 30.0 Å². The van der Waals surface area contributed by atoms with Crippen LogP contribution in [0.1, 0.15) is 30.1 Å². The molecule has 1 aliphatic heterocycles. The molecular formula is C19H23NO2. The summed E-state index contributed by atoms with van der Waals surface area (Å²) in [5, 5.41) is 10.4. The maximum Gasteiger partial charge on any atom is 0.119 e. The van der Waals surface area contributed by atoms with E-state index in [0.29, 0.717) is 0 Å². The molecule has 0 bridgehead atoms. The van der Waals surface area contributed by atoms with E-state index in [1.165, 1.54) is 25.9 Å². The van der Waals surface area contributed by atoms with Crippen molar-refractivity contribution in [3.8, 4) is 5.75 Å². The van der Waals surface area contributed by atoms with Crippen molar-refractivity contribution in [2.75, 3.05) is 26.2 Å². The van der Waals surface area contributed by atoms with E-state index in [1.807, 2.05) is 54.6 Å². The first kappa shape index (κ1) is 15.1. The van der Waals surface area contributed by atoms with Gasteiger partial charge in [-0.05, 0) is 49.2 Å². The third-order valence-corrected chi connectivity index (χ3v) is 4.19. The minimum atomic E-state index is -0.583. The fraction of sp³-hybridized carbons (Fsp3) is 0.368. The standard InChI is InChI=1S/C19H23NO2/c21-19(16-6-2-1-3-7-16)17-8-10-18(11-9-17)22-15-14-20-12-4-5-13-20/h1-3,6-11,19,21H,4-5,12-15H2/t19-/m0/s1. The molecule has 1 N–H and O–H groups in total. The first-order chi connectivity index (χ1) is 10.8. The van der Waals surface area contributed by atoms with Gasteiger partial charge in [0.25, 0.3) is 0 Å². The van der Waals surface area contributed by atoms with Crippen molar-refractivity contribution in [3.63, 3.8) is 0 Å². The van der Waals surface area contributed by atoms with Crippen molar-refractivity contribution in [1.29, 1.82) is 0 Å². The number of likely N-dealkylation sites (tertiary alicyclic amines) is 1. The highest BCUT2D eigenvalue weighted by Crippen LogP contribution is 2.23. The number of rotatable bonds is 6. The van der Waals surface area contributed by atoms with Crippen LogP contribution in [0.4, 0.5) is 0 Å². The summed E-state index contributed by atoms with van der Waals surface area (Å²) in [7, 11) is 0. The van der Waals surface area contributed by atoms with Crippen LogP contribution in [0.2, 0.25) is 0 Å². The molecule has 3 nitrogen and oxygen atoms in total. The fourth-order valence-corrected chi connectivity index (χ4v) is 2.87. The minimum absolute atomic E-state index is 0.583. The number of benzene rings is 2. The van der Waals surface area contributed by atoms with Crippen LogP contribution in [-0.4, -0.2) is 36.2 Å². The molecule has 1 saturated heterocycles. The van der Waals surface area contributed by atoms with Crippen LogP contribution in [0.3, 0.4) is 0 Å². The zero-order valence-corrected chi connectivity index (χ0v) is 12.8. The normalized spacial score (nSPS) is 16.6. The van der Waals surface area contributed by atoms with Crippen LogP contribution in [0.5, 0.6) is 5.75 Å². The van der Waals surface area contributed by atoms with Gasteiger partial charge in [-0.3, -0.25) is 4.90 Å². The Hall–Kier alpha value is -1.84. The molecule has 2 aromatic rings. The van der Waals surface area contributed by atoms with Gasteiger partial charge in [-0.25, -0.2) is 0 Å². The third kappa shape index (κ3) is 3.87. The second-order valence-corrected chi connectivity index (χ2v) is 5.78. The van der Waals surface area contributed by atoms with Gasteiger partial charge in [0.15, 0.2) is 0 Å². The van der Waals surface area contributed by atoms with Gasteiger partial charge in [0.05, 0.1) is 0 Å². The molecule has 0 saturated carbocycles. The molecule has 0 amide bonds. The number of ether oxygens (including phenoxy) is 1. The van der Waals surface area contributed by atoms with Gasteiger partial charge in [-0.1, -0.05) is 42.5 Å². The molecule has 3 heteroatoms. The summed E-state index contributed by atoms with van der Waals surface area (Å²) < 4.78 is 5.79. The van der Waals surface area contributed by atoms with Crippen molar-refractivity contribution < 1.29 is 9.84 Å². The zero-order chi connectivity index (χ0) is 15.2. The molecular weight excluding hydrogens is 274 g/mol. The molecule has 1 atom stereocenters. The third-order valence-electron chi connectivity index (χ3n) is 4.19. The molecule has 1 heterocycles. The van der Waals surface area contributed by atoms with Gasteiger partial charge < -0.3 is 9.84 Å². The van der Waals surface area contributed by atoms with Gasteiger partial charge in [-0.2, -0.15) is 0 Å². The lowest BCUT2D eigenvalue weighted by atomic mass is 10.0. The highest BCUT2D eigenvalue weighted by molar-refractivity contribution is 5.33. The number of nitrogens with zero attached hydrogens (tertiary/aromatic N) is 1. The summed E-state index contributed by atoms with van der Waals surface area (Å²) >= 11 is 0. The maximum absolute atomic E-state index is 10.4. The lowest BCUT2D eigenvalue weighted by molar-refractivity contribution is 0.219. The minimum Gasteiger partial charge on any atom is -0.492 e. The smallest absolute Gasteiger partial charge is 0.119 e. The van der Waals surface area contributed by atoms with Crippen molar-refractivity contribution in [1.82, 2.24) is 4.90 Å². The van der Waals surface area contributed by atoms with Crippen LogP contribution < -0.4 is 4.74 Å². The average Bonchev–Trinajstić information content (AvgIpc) is 3.09. The Morgan fingerprint density at radius 2 is 1.55 bits per heavy atom. The first-order valence-electron chi connectivity index (χ1n) is 8.01. The van der Waals surface area contributed by atoms with E-state index < -0.39 is 6.10 Å². The second-order valence-electron chi connectivity index (χ2n) is 5.78. The topological polar surface area (TPSA) is 32.7 Å². The summed E-state index contributed by atoms with van der Waals surface area (Å²) in [6.07, 6.45) is 2.04. The van der Waals surface area contributed by atoms with Gasteiger partial charge in [-0.15, -0.1) is 0 Å². The molecule has 1 aliphatic rings. The van der Waals surface area contributed by atoms with Crippen molar-refractivity contribution >= 4 is 0 Å². The second kappa shape index (κ2) is 7.43. The van der Waals surface area contributed by atoms with Gasteiger partial charge in [0, 0.05) is 6.54 Å². The van der Waals surface area contributed by atoms with Crippen LogP contribution in [0.25, 0.3) is 0 Å². The lowest BCUT2D eigenvalue weighted by Gasteiger charge is -2.15. The average molecular weight is 297 g/mol. The van der Waals surface area contributed by atoms with Crippen LogP contribution >= 0.6 is 0 Å². The van der Waals surface area contributed by atoms with Crippen molar-refractivity contribution in [2.45, 2.75) is 18.9 Å². The number of aliphatic hydroxyl groups is 1. The molecule has 0 aromatic heterocycles. The van der Waals surface area contributed by atoms with Crippen LogP contribution in [-0.2, 0) is 0 Å². The van der Waals surface area contributed by atoms with Gasteiger partial charge in [0.1, 0.15) is 18.5 Å². The molecule has 22 heavy (non-hydrogen) atoms. The highest BCUT2D eigenvalue weighted by Gasteiger charge is 2.11. The Labute approximate surface area is 132 Å². The number of hydrogen-bond donors (Lipinski definition) is 1. The molecule has 1 fully saturated rings. The van der Waals surface area contributed by atoms with Gasteiger partial charge in [0.2, 0.25) is 0 Å².